The number of hydrogen-bond donors (Lipinski definition) is 4. The number of benzene rings is 3. The minimum absolute atomic E-state index is 0.0318. The maximum atomic E-state index is 13.0. The molecule has 4 aromatic rings. The zero-order valence-electron chi connectivity index (χ0n) is 17.1. The average molecular weight is 466 g/mol. The zero-order valence-corrected chi connectivity index (χ0v) is 17.9. The quantitative estimate of drug-likeness (QED) is 0.326. The molecular formula is C23H19FN4O4S. The molecule has 0 spiro atoms. The van der Waals surface area contributed by atoms with E-state index in [4.69, 9.17) is 0 Å². The van der Waals surface area contributed by atoms with Gasteiger partial charge >= 0.3 is 0 Å². The van der Waals surface area contributed by atoms with E-state index in [9.17, 15) is 22.4 Å². The normalized spacial score (nSPS) is 11.2. The molecule has 3 aromatic carbocycles. The summed E-state index contributed by atoms with van der Waals surface area (Å²) in [5, 5.41) is 0.908. The Labute approximate surface area is 188 Å². The van der Waals surface area contributed by atoms with Crippen molar-refractivity contribution < 1.29 is 22.4 Å². The van der Waals surface area contributed by atoms with Crippen molar-refractivity contribution in [2.45, 2.75) is 11.3 Å². The summed E-state index contributed by atoms with van der Waals surface area (Å²) in [5.74, 6) is -1.61. The van der Waals surface area contributed by atoms with E-state index in [-0.39, 0.29) is 22.6 Å². The number of aromatic nitrogens is 1. The number of nitrogens with one attached hydrogen (secondary N) is 4. The van der Waals surface area contributed by atoms with Crippen molar-refractivity contribution >= 4 is 38.4 Å². The summed E-state index contributed by atoms with van der Waals surface area (Å²) in [6.45, 7) is 0. The molecule has 4 rings (SSSR count). The summed E-state index contributed by atoms with van der Waals surface area (Å²) in [6, 6.07) is 17.7. The Morgan fingerprint density at radius 3 is 2.45 bits per heavy atom. The number of rotatable bonds is 6. The molecule has 0 bridgehead atoms. The van der Waals surface area contributed by atoms with Gasteiger partial charge in [0.2, 0.25) is 5.91 Å². The number of hydrogen-bond acceptors (Lipinski definition) is 4. The number of carbonyl (C=O) groups excluding carboxylic acids is 2. The van der Waals surface area contributed by atoms with E-state index < -0.39 is 27.7 Å². The number of anilines is 1. The third-order valence-electron chi connectivity index (χ3n) is 4.84. The van der Waals surface area contributed by atoms with Crippen LogP contribution in [0.1, 0.15) is 15.9 Å². The number of carbonyl (C=O) groups is 2. The van der Waals surface area contributed by atoms with Gasteiger partial charge in [-0.05, 0) is 54.1 Å². The molecule has 4 N–H and O–H groups in total. The van der Waals surface area contributed by atoms with Gasteiger partial charge in [-0.3, -0.25) is 25.2 Å². The van der Waals surface area contributed by atoms with E-state index in [1.165, 1.54) is 36.4 Å². The first-order valence-electron chi connectivity index (χ1n) is 9.84. The molecule has 0 unspecified atom stereocenters. The van der Waals surface area contributed by atoms with Crippen LogP contribution in [0.5, 0.6) is 0 Å². The van der Waals surface area contributed by atoms with E-state index >= 15 is 0 Å². The number of para-hydroxylation sites is 1. The topological polar surface area (TPSA) is 120 Å². The Kier molecular flexibility index (Phi) is 6.09. The number of aromatic amines is 1. The lowest BCUT2D eigenvalue weighted by Gasteiger charge is -2.10. The molecule has 0 atom stereocenters. The Hall–Kier alpha value is -4.18. The van der Waals surface area contributed by atoms with Crippen LogP contribution in [0.4, 0.5) is 10.1 Å². The Morgan fingerprint density at radius 1 is 0.909 bits per heavy atom. The Bertz CT molecular complexity index is 1430. The van der Waals surface area contributed by atoms with Gasteiger partial charge in [0.1, 0.15) is 5.82 Å². The van der Waals surface area contributed by atoms with E-state index in [0.29, 0.717) is 0 Å². The second-order valence-corrected chi connectivity index (χ2v) is 8.86. The van der Waals surface area contributed by atoms with Crippen LogP contribution in [-0.4, -0.2) is 25.2 Å². The smallest absolute Gasteiger partial charge is 0.269 e. The summed E-state index contributed by atoms with van der Waals surface area (Å²) >= 11 is 0. The average Bonchev–Trinajstić information content (AvgIpc) is 3.22. The molecule has 0 aliphatic rings. The monoisotopic (exact) mass is 466 g/mol. The summed E-state index contributed by atoms with van der Waals surface area (Å²) in [6.07, 6.45) is 1.77. The lowest BCUT2D eigenvalue weighted by Crippen LogP contribution is -2.42. The van der Waals surface area contributed by atoms with Crippen molar-refractivity contribution in [3.05, 3.63) is 95.9 Å². The highest BCUT2D eigenvalue weighted by Crippen LogP contribution is 2.19. The SMILES string of the molecule is O=C(Cc1c[nH]c2ccccc12)NNC(=O)c1cccc(S(=O)(=O)Nc2ccc(F)cc2)c1. The first-order valence-corrected chi connectivity index (χ1v) is 11.3. The van der Waals surface area contributed by atoms with Crippen LogP contribution in [-0.2, 0) is 21.2 Å². The molecular weight excluding hydrogens is 447 g/mol. The van der Waals surface area contributed by atoms with Gasteiger partial charge in [0, 0.05) is 28.4 Å². The molecule has 8 nitrogen and oxygen atoms in total. The number of amides is 2. The third kappa shape index (κ3) is 5.18. The van der Waals surface area contributed by atoms with Gasteiger partial charge in [0.05, 0.1) is 11.3 Å². The van der Waals surface area contributed by atoms with Crippen molar-refractivity contribution in [2.75, 3.05) is 4.72 Å². The molecule has 10 heteroatoms. The third-order valence-corrected chi connectivity index (χ3v) is 6.22. The second-order valence-electron chi connectivity index (χ2n) is 7.18. The van der Waals surface area contributed by atoms with Gasteiger partial charge in [-0.25, -0.2) is 12.8 Å². The molecule has 0 aliphatic heterocycles. The number of hydrazine groups is 1. The van der Waals surface area contributed by atoms with Gasteiger partial charge in [-0.1, -0.05) is 24.3 Å². The zero-order chi connectivity index (χ0) is 23.4. The number of fused-ring (bicyclic) bond motifs is 1. The summed E-state index contributed by atoms with van der Waals surface area (Å²) in [4.78, 5) is 27.6. The Morgan fingerprint density at radius 2 is 1.67 bits per heavy atom. The van der Waals surface area contributed by atoms with Crippen LogP contribution in [0.3, 0.4) is 0 Å². The van der Waals surface area contributed by atoms with Crippen LogP contribution in [0.25, 0.3) is 10.9 Å². The number of H-pyrrole nitrogens is 1. The fourth-order valence-corrected chi connectivity index (χ4v) is 4.33. The fraction of sp³-hybridized carbons (Fsp3) is 0.0435. The molecule has 33 heavy (non-hydrogen) atoms. The lowest BCUT2D eigenvalue weighted by molar-refractivity contribution is -0.121. The van der Waals surface area contributed by atoms with Gasteiger partial charge in [0.15, 0.2) is 0 Å². The summed E-state index contributed by atoms with van der Waals surface area (Å²) in [5.41, 5.74) is 6.51. The fourth-order valence-electron chi connectivity index (χ4n) is 3.23. The standard InChI is InChI=1S/C23H19FN4O4S/c24-17-8-10-18(11-9-17)28-33(31,32)19-5-3-4-15(12-19)23(30)27-26-22(29)13-16-14-25-21-7-2-1-6-20(16)21/h1-12,14,25,28H,13H2,(H,26,29)(H,27,30). The van der Waals surface area contributed by atoms with Crippen LogP contribution in [0.2, 0.25) is 0 Å². The second kappa shape index (κ2) is 9.13. The van der Waals surface area contributed by atoms with Crippen LogP contribution < -0.4 is 15.6 Å². The van der Waals surface area contributed by atoms with Gasteiger partial charge in [-0.15, -0.1) is 0 Å². The molecule has 0 fully saturated rings. The van der Waals surface area contributed by atoms with Crippen molar-refractivity contribution in [1.29, 1.82) is 0 Å². The molecule has 0 saturated carbocycles. The van der Waals surface area contributed by atoms with Crippen molar-refractivity contribution in [3.8, 4) is 0 Å². The van der Waals surface area contributed by atoms with Gasteiger partial charge < -0.3 is 4.98 Å². The molecule has 0 saturated heterocycles. The number of halogens is 1. The lowest BCUT2D eigenvalue weighted by atomic mass is 10.1. The van der Waals surface area contributed by atoms with E-state index in [2.05, 4.69) is 20.6 Å². The van der Waals surface area contributed by atoms with Crippen LogP contribution in [0.15, 0.2) is 83.9 Å². The molecule has 0 aliphatic carbocycles. The van der Waals surface area contributed by atoms with Crippen molar-refractivity contribution in [2.24, 2.45) is 0 Å². The van der Waals surface area contributed by atoms with E-state index in [0.717, 1.165) is 28.6 Å². The van der Waals surface area contributed by atoms with Crippen LogP contribution in [0, 0.1) is 5.82 Å². The highest BCUT2D eigenvalue weighted by Gasteiger charge is 2.17. The number of sulfonamides is 1. The van der Waals surface area contributed by atoms with E-state index in [1.807, 2.05) is 24.3 Å². The first-order chi connectivity index (χ1) is 15.8. The Balaban J connectivity index is 1.40. The molecule has 168 valence electrons. The molecule has 2 amide bonds. The highest BCUT2D eigenvalue weighted by atomic mass is 32.2. The molecule has 1 heterocycles. The van der Waals surface area contributed by atoms with Gasteiger partial charge in [-0.2, -0.15) is 0 Å². The maximum Gasteiger partial charge on any atom is 0.269 e. The minimum atomic E-state index is -4.01. The highest BCUT2D eigenvalue weighted by molar-refractivity contribution is 7.92. The van der Waals surface area contributed by atoms with E-state index in [1.54, 1.807) is 6.20 Å². The largest absolute Gasteiger partial charge is 0.361 e. The minimum Gasteiger partial charge on any atom is -0.361 e. The maximum absolute atomic E-state index is 13.0. The van der Waals surface area contributed by atoms with Gasteiger partial charge in [0.25, 0.3) is 15.9 Å². The predicted molar refractivity (Wildman–Crippen MR) is 121 cm³/mol. The van der Waals surface area contributed by atoms with Crippen molar-refractivity contribution in [1.82, 2.24) is 15.8 Å². The summed E-state index contributed by atoms with van der Waals surface area (Å²) < 4.78 is 40.6. The van der Waals surface area contributed by atoms with Crippen LogP contribution >= 0.6 is 0 Å². The summed E-state index contributed by atoms with van der Waals surface area (Å²) in [7, 11) is -4.01. The molecule has 0 radical (unpaired) electrons. The predicted octanol–water partition coefficient (Wildman–Crippen LogP) is 3.11. The van der Waals surface area contributed by atoms with Crippen molar-refractivity contribution in [3.63, 3.8) is 0 Å². The first kappa shape index (κ1) is 22.0. The molecule has 1 aromatic heterocycles.